The molecule has 3 rings (SSSR count). The first kappa shape index (κ1) is 8.72. The number of carbonyl (C=O) groups excluding carboxylic acids is 1. The van der Waals surface area contributed by atoms with Crippen LogP contribution >= 0.6 is 0 Å². The highest BCUT2D eigenvalue weighted by Gasteiger charge is 2.60. The van der Waals surface area contributed by atoms with Gasteiger partial charge in [0.25, 0.3) is 0 Å². The molecule has 1 atom stereocenters. The number of rotatable bonds is 0. The fourth-order valence-corrected chi connectivity index (χ4v) is 3.72. The summed E-state index contributed by atoms with van der Waals surface area (Å²) in [5, 5.41) is 3.18. The predicted molar refractivity (Wildman–Crippen MR) is 51.8 cm³/mol. The summed E-state index contributed by atoms with van der Waals surface area (Å²) in [6, 6.07) is 0. The van der Waals surface area contributed by atoms with Gasteiger partial charge in [0.15, 0.2) is 0 Å². The van der Waals surface area contributed by atoms with Crippen molar-refractivity contribution in [1.29, 1.82) is 0 Å². The molecule has 0 aromatic carbocycles. The van der Waals surface area contributed by atoms with Crippen molar-refractivity contribution in [3.8, 4) is 0 Å². The molecule has 1 aliphatic carbocycles. The Bertz CT molecular complexity index is 260. The quantitative estimate of drug-likeness (QED) is 0.590. The van der Waals surface area contributed by atoms with Crippen LogP contribution in [0, 0.1) is 5.41 Å². The van der Waals surface area contributed by atoms with Crippen molar-refractivity contribution in [2.24, 2.45) is 5.41 Å². The lowest BCUT2D eigenvalue weighted by molar-refractivity contribution is -0.142. The van der Waals surface area contributed by atoms with Gasteiger partial charge >= 0.3 is 0 Å². The van der Waals surface area contributed by atoms with Crippen LogP contribution in [0.1, 0.15) is 38.5 Å². The molecule has 3 heteroatoms. The second kappa shape index (κ2) is 2.72. The number of ether oxygens (including phenoxy) is 1. The van der Waals surface area contributed by atoms with Gasteiger partial charge in [0.2, 0.25) is 5.91 Å². The average molecular weight is 195 g/mol. The molecule has 0 aromatic rings. The molecule has 2 aliphatic heterocycles. The predicted octanol–water partition coefficient (Wildman–Crippen LogP) is 1.23. The van der Waals surface area contributed by atoms with Gasteiger partial charge in [0, 0.05) is 13.2 Å². The summed E-state index contributed by atoms with van der Waals surface area (Å²) in [5.41, 5.74) is 0.563. The van der Waals surface area contributed by atoms with Crippen molar-refractivity contribution in [3.63, 3.8) is 0 Å². The number of carbonyl (C=O) groups is 1. The minimum atomic E-state index is 0.174. The molecule has 2 spiro atoms. The van der Waals surface area contributed by atoms with Crippen LogP contribution in [-0.4, -0.2) is 24.7 Å². The van der Waals surface area contributed by atoms with Crippen LogP contribution in [0.25, 0.3) is 0 Å². The number of amides is 1. The van der Waals surface area contributed by atoms with Crippen LogP contribution in [0.5, 0.6) is 0 Å². The van der Waals surface area contributed by atoms with Gasteiger partial charge in [-0.1, -0.05) is 6.42 Å². The van der Waals surface area contributed by atoms with E-state index >= 15 is 0 Å². The Morgan fingerprint density at radius 1 is 1.14 bits per heavy atom. The highest BCUT2D eigenvalue weighted by atomic mass is 16.5. The standard InChI is InChI=1S/C11H17NO2/c13-9-8-11(12-9)3-1-2-10(11)4-6-14-7-5-10/h1-8H2,(H,12,13). The van der Waals surface area contributed by atoms with E-state index in [1.807, 2.05) is 0 Å². The Labute approximate surface area is 84.2 Å². The second-order valence-electron chi connectivity index (χ2n) is 5.05. The lowest BCUT2D eigenvalue weighted by atomic mass is 9.62. The Morgan fingerprint density at radius 3 is 2.50 bits per heavy atom. The highest BCUT2D eigenvalue weighted by Crippen LogP contribution is 2.56. The summed E-state index contributed by atoms with van der Waals surface area (Å²) in [6.45, 7) is 1.77. The molecule has 3 fully saturated rings. The number of hydrogen-bond acceptors (Lipinski definition) is 2. The number of β-lactam (4-membered cyclic amide) rings is 1. The van der Waals surface area contributed by atoms with Crippen LogP contribution in [0.2, 0.25) is 0 Å². The number of hydrogen-bond donors (Lipinski definition) is 1. The van der Waals surface area contributed by atoms with E-state index in [0.717, 1.165) is 32.5 Å². The Morgan fingerprint density at radius 2 is 1.86 bits per heavy atom. The van der Waals surface area contributed by atoms with Crippen molar-refractivity contribution in [2.75, 3.05) is 13.2 Å². The smallest absolute Gasteiger partial charge is 0.222 e. The fraction of sp³-hybridized carbons (Fsp3) is 0.909. The molecule has 0 radical (unpaired) electrons. The zero-order chi connectivity index (χ0) is 9.65. The van der Waals surface area contributed by atoms with Crippen LogP contribution in [0.15, 0.2) is 0 Å². The zero-order valence-corrected chi connectivity index (χ0v) is 8.47. The largest absolute Gasteiger partial charge is 0.381 e. The van der Waals surface area contributed by atoms with Crippen LogP contribution in [0.3, 0.4) is 0 Å². The molecule has 78 valence electrons. The Kier molecular flexibility index (Phi) is 1.69. The fourth-order valence-electron chi connectivity index (χ4n) is 3.72. The van der Waals surface area contributed by atoms with E-state index in [9.17, 15) is 4.79 Å². The maximum atomic E-state index is 11.1. The summed E-state index contributed by atoms with van der Waals surface area (Å²) in [7, 11) is 0. The number of nitrogens with one attached hydrogen (secondary N) is 1. The lowest BCUT2D eigenvalue weighted by Crippen LogP contribution is -2.68. The van der Waals surface area contributed by atoms with Crippen LogP contribution < -0.4 is 5.32 Å². The summed E-state index contributed by atoms with van der Waals surface area (Å²) < 4.78 is 5.43. The zero-order valence-electron chi connectivity index (χ0n) is 8.47. The molecule has 0 aromatic heterocycles. The van der Waals surface area contributed by atoms with E-state index in [0.29, 0.717) is 5.41 Å². The topological polar surface area (TPSA) is 38.3 Å². The van der Waals surface area contributed by atoms with Crippen LogP contribution in [0.4, 0.5) is 0 Å². The van der Waals surface area contributed by atoms with E-state index in [2.05, 4.69) is 5.32 Å². The van der Waals surface area contributed by atoms with Gasteiger partial charge in [-0.15, -0.1) is 0 Å². The van der Waals surface area contributed by atoms with Crippen molar-refractivity contribution in [3.05, 3.63) is 0 Å². The SMILES string of the molecule is O=C1CC2(CCCC23CCOCC3)N1. The summed E-state index contributed by atoms with van der Waals surface area (Å²) in [6.07, 6.45) is 6.82. The van der Waals surface area contributed by atoms with Gasteiger partial charge in [-0.2, -0.15) is 0 Å². The summed E-state index contributed by atoms with van der Waals surface area (Å²) >= 11 is 0. The van der Waals surface area contributed by atoms with E-state index < -0.39 is 0 Å². The van der Waals surface area contributed by atoms with Crippen LogP contribution in [-0.2, 0) is 9.53 Å². The first-order valence-corrected chi connectivity index (χ1v) is 5.65. The summed E-state index contributed by atoms with van der Waals surface area (Å²) in [5.74, 6) is 0.248. The lowest BCUT2D eigenvalue weighted by Gasteiger charge is -2.53. The molecule has 2 heterocycles. The third kappa shape index (κ3) is 0.937. The normalized spacial score (nSPS) is 39.9. The van der Waals surface area contributed by atoms with Crippen molar-refractivity contribution >= 4 is 5.91 Å². The van der Waals surface area contributed by atoms with E-state index in [1.54, 1.807) is 0 Å². The van der Waals surface area contributed by atoms with Gasteiger partial charge in [-0.25, -0.2) is 0 Å². The minimum absolute atomic E-state index is 0.174. The molecular weight excluding hydrogens is 178 g/mol. The molecular formula is C11H17NO2. The summed E-state index contributed by atoms with van der Waals surface area (Å²) in [4.78, 5) is 11.1. The maximum Gasteiger partial charge on any atom is 0.222 e. The third-order valence-electron chi connectivity index (χ3n) is 4.56. The Hall–Kier alpha value is -0.570. The highest BCUT2D eigenvalue weighted by molar-refractivity contribution is 5.85. The van der Waals surface area contributed by atoms with Crippen molar-refractivity contribution in [2.45, 2.75) is 44.1 Å². The first-order chi connectivity index (χ1) is 6.77. The first-order valence-electron chi connectivity index (χ1n) is 5.65. The molecule has 1 saturated carbocycles. The van der Waals surface area contributed by atoms with Crippen molar-refractivity contribution in [1.82, 2.24) is 5.32 Å². The van der Waals surface area contributed by atoms with E-state index in [1.165, 1.54) is 19.3 Å². The molecule has 1 unspecified atom stereocenters. The third-order valence-corrected chi connectivity index (χ3v) is 4.56. The molecule has 14 heavy (non-hydrogen) atoms. The molecule has 1 N–H and O–H groups in total. The number of fused-ring (bicyclic) bond motifs is 1. The molecule has 3 nitrogen and oxygen atoms in total. The second-order valence-corrected chi connectivity index (χ2v) is 5.05. The monoisotopic (exact) mass is 195 g/mol. The van der Waals surface area contributed by atoms with Gasteiger partial charge in [-0.3, -0.25) is 4.79 Å². The molecule has 1 amide bonds. The average Bonchev–Trinajstić information content (AvgIpc) is 2.47. The van der Waals surface area contributed by atoms with Gasteiger partial charge < -0.3 is 10.1 Å². The molecule has 3 aliphatic rings. The molecule has 0 bridgehead atoms. The van der Waals surface area contributed by atoms with Gasteiger partial charge in [-0.05, 0) is 31.1 Å². The van der Waals surface area contributed by atoms with Crippen molar-refractivity contribution < 1.29 is 9.53 Å². The maximum absolute atomic E-state index is 11.1. The van der Waals surface area contributed by atoms with Gasteiger partial charge in [0.05, 0.1) is 12.0 Å². The molecule has 2 saturated heterocycles. The van der Waals surface area contributed by atoms with E-state index in [4.69, 9.17) is 4.74 Å². The van der Waals surface area contributed by atoms with E-state index in [-0.39, 0.29) is 11.4 Å². The van der Waals surface area contributed by atoms with Gasteiger partial charge in [0.1, 0.15) is 0 Å². The minimum Gasteiger partial charge on any atom is -0.381 e. The Balaban J connectivity index is 1.86.